The summed E-state index contributed by atoms with van der Waals surface area (Å²) in [5, 5.41) is 0.722. The van der Waals surface area contributed by atoms with E-state index in [1.165, 1.54) is 0 Å². The van der Waals surface area contributed by atoms with E-state index in [4.69, 9.17) is 16.3 Å². The summed E-state index contributed by atoms with van der Waals surface area (Å²) in [5.74, 6) is 0.139. The standard InChI is InChI=1S/C14H17ClO2/c1-4-17-13(16)12-11(14(12,2)3)9-5-7-10(15)8-6-9/h5-8,11-12H,4H2,1-3H3/t11-,12+/m0/s1. The summed E-state index contributed by atoms with van der Waals surface area (Å²) in [6, 6.07) is 7.73. The first-order valence-corrected chi connectivity index (χ1v) is 6.28. The van der Waals surface area contributed by atoms with Crippen molar-refractivity contribution in [2.24, 2.45) is 11.3 Å². The van der Waals surface area contributed by atoms with Crippen LogP contribution in [0, 0.1) is 11.3 Å². The highest BCUT2D eigenvalue weighted by molar-refractivity contribution is 6.30. The molecule has 2 rings (SSSR count). The summed E-state index contributed by atoms with van der Waals surface area (Å²) in [4.78, 5) is 11.8. The zero-order valence-corrected chi connectivity index (χ0v) is 11.1. The Morgan fingerprint density at radius 3 is 2.47 bits per heavy atom. The summed E-state index contributed by atoms with van der Waals surface area (Å²) < 4.78 is 5.11. The SMILES string of the molecule is CCOC(=O)[C@H]1[C@H](c2ccc(Cl)cc2)C1(C)C. The quantitative estimate of drug-likeness (QED) is 0.768. The van der Waals surface area contributed by atoms with Crippen molar-refractivity contribution in [3.05, 3.63) is 34.9 Å². The largest absolute Gasteiger partial charge is 0.466 e. The lowest BCUT2D eigenvalue weighted by Gasteiger charge is -2.02. The van der Waals surface area contributed by atoms with Crippen molar-refractivity contribution >= 4 is 17.6 Å². The maximum absolute atomic E-state index is 11.8. The van der Waals surface area contributed by atoms with E-state index in [-0.39, 0.29) is 23.2 Å². The van der Waals surface area contributed by atoms with Gasteiger partial charge in [0.05, 0.1) is 12.5 Å². The second-order valence-electron chi connectivity index (χ2n) is 5.08. The first kappa shape index (κ1) is 12.4. The molecule has 0 spiro atoms. The first-order valence-electron chi connectivity index (χ1n) is 5.90. The summed E-state index contributed by atoms with van der Waals surface area (Å²) in [6.45, 7) is 6.49. The third-order valence-electron chi connectivity index (χ3n) is 3.60. The van der Waals surface area contributed by atoms with Gasteiger partial charge < -0.3 is 4.74 Å². The van der Waals surface area contributed by atoms with E-state index in [0.29, 0.717) is 6.61 Å². The fourth-order valence-corrected chi connectivity index (χ4v) is 2.73. The molecule has 1 aliphatic carbocycles. The minimum atomic E-state index is -0.0857. The number of carbonyl (C=O) groups is 1. The Hall–Kier alpha value is -1.02. The zero-order valence-electron chi connectivity index (χ0n) is 10.4. The van der Waals surface area contributed by atoms with Crippen LogP contribution in [0.15, 0.2) is 24.3 Å². The van der Waals surface area contributed by atoms with E-state index in [9.17, 15) is 4.79 Å². The van der Waals surface area contributed by atoms with Crippen molar-refractivity contribution in [3.63, 3.8) is 0 Å². The van der Waals surface area contributed by atoms with Gasteiger partial charge in [-0.25, -0.2) is 0 Å². The fraction of sp³-hybridized carbons (Fsp3) is 0.500. The molecule has 1 aromatic rings. The van der Waals surface area contributed by atoms with Crippen molar-refractivity contribution < 1.29 is 9.53 Å². The molecule has 2 nitrogen and oxygen atoms in total. The molecule has 0 bridgehead atoms. The lowest BCUT2D eigenvalue weighted by atomic mass is 10.0. The van der Waals surface area contributed by atoms with Crippen molar-refractivity contribution in [2.45, 2.75) is 26.7 Å². The highest BCUT2D eigenvalue weighted by Crippen LogP contribution is 2.64. The predicted octanol–water partition coefficient (Wildman–Crippen LogP) is 3.64. The van der Waals surface area contributed by atoms with Crippen LogP contribution in [0.5, 0.6) is 0 Å². The number of esters is 1. The van der Waals surface area contributed by atoms with Crippen LogP contribution in [-0.2, 0) is 9.53 Å². The van der Waals surface area contributed by atoms with E-state index in [1.54, 1.807) is 0 Å². The number of hydrogen-bond acceptors (Lipinski definition) is 2. The molecule has 0 aromatic heterocycles. The molecule has 3 heteroatoms. The van der Waals surface area contributed by atoms with Crippen LogP contribution in [0.4, 0.5) is 0 Å². The molecule has 2 atom stereocenters. The van der Waals surface area contributed by atoms with Crippen molar-refractivity contribution in [3.8, 4) is 0 Å². The van der Waals surface area contributed by atoms with Crippen LogP contribution in [0.1, 0.15) is 32.3 Å². The maximum atomic E-state index is 11.8. The van der Waals surface area contributed by atoms with Gasteiger partial charge in [0.1, 0.15) is 0 Å². The Morgan fingerprint density at radius 2 is 1.94 bits per heavy atom. The Morgan fingerprint density at radius 1 is 1.35 bits per heavy atom. The minimum Gasteiger partial charge on any atom is -0.466 e. The molecule has 0 radical (unpaired) electrons. The number of rotatable bonds is 3. The van der Waals surface area contributed by atoms with Crippen LogP contribution < -0.4 is 0 Å². The smallest absolute Gasteiger partial charge is 0.310 e. The Labute approximate surface area is 107 Å². The summed E-state index contributed by atoms with van der Waals surface area (Å²) in [6.07, 6.45) is 0. The van der Waals surface area contributed by atoms with Gasteiger partial charge in [-0.05, 0) is 30.0 Å². The van der Waals surface area contributed by atoms with Gasteiger partial charge >= 0.3 is 5.97 Å². The lowest BCUT2D eigenvalue weighted by Crippen LogP contribution is -2.10. The van der Waals surface area contributed by atoms with E-state index < -0.39 is 0 Å². The maximum Gasteiger partial charge on any atom is 0.310 e. The molecule has 0 N–H and O–H groups in total. The van der Waals surface area contributed by atoms with Gasteiger partial charge in [0.25, 0.3) is 0 Å². The van der Waals surface area contributed by atoms with Crippen LogP contribution in [-0.4, -0.2) is 12.6 Å². The highest BCUT2D eigenvalue weighted by atomic mass is 35.5. The molecule has 1 fully saturated rings. The second kappa shape index (κ2) is 4.34. The average molecular weight is 253 g/mol. The molecule has 0 unspecified atom stereocenters. The second-order valence-corrected chi connectivity index (χ2v) is 5.52. The van der Waals surface area contributed by atoms with Crippen molar-refractivity contribution in [1.29, 1.82) is 0 Å². The lowest BCUT2D eigenvalue weighted by molar-refractivity contribution is -0.145. The number of carbonyl (C=O) groups excluding carboxylic acids is 1. The van der Waals surface area contributed by atoms with Gasteiger partial charge in [-0.1, -0.05) is 37.6 Å². The highest BCUT2D eigenvalue weighted by Gasteiger charge is 2.63. The average Bonchev–Trinajstić information content (AvgIpc) is 2.83. The molecule has 0 saturated heterocycles. The molecule has 1 saturated carbocycles. The van der Waals surface area contributed by atoms with E-state index in [0.717, 1.165) is 10.6 Å². The molecular formula is C14H17ClO2. The van der Waals surface area contributed by atoms with Crippen LogP contribution in [0.3, 0.4) is 0 Å². The van der Waals surface area contributed by atoms with Crippen LogP contribution in [0.2, 0.25) is 5.02 Å². The van der Waals surface area contributed by atoms with Crippen LogP contribution in [0.25, 0.3) is 0 Å². The van der Waals surface area contributed by atoms with Crippen LogP contribution >= 0.6 is 11.6 Å². The normalized spacial score (nSPS) is 25.4. The van der Waals surface area contributed by atoms with E-state index in [1.807, 2.05) is 31.2 Å². The van der Waals surface area contributed by atoms with Gasteiger partial charge in [-0.3, -0.25) is 4.79 Å². The Kier molecular flexibility index (Phi) is 3.17. The fourth-order valence-electron chi connectivity index (χ4n) is 2.60. The molecule has 1 aromatic carbocycles. The molecule has 1 aliphatic rings. The Bertz CT molecular complexity index is 422. The number of hydrogen-bond donors (Lipinski definition) is 0. The van der Waals surface area contributed by atoms with Gasteiger partial charge in [0, 0.05) is 10.9 Å². The van der Waals surface area contributed by atoms with Crippen molar-refractivity contribution in [1.82, 2.24) is 0 Å². The molecular weight excluding hydrogens is 236 g/mol. The van der Waals surface area contributed by atoms with Crippen molar-refractivity contribution in [2.75, 3.05) is 6.61 Å². The zero-order chi connectivity index (χ0) is 12.6. The third kappa shape index (κ3) is 2.19. The molecule has 92 valence electrons. The van der Waals surface area contributed by atoms with E-state index >= 15 is 0 Å². The third-order valence-corrected chi connectivity index (χ3v) is 3.85. The molecule has 17 heavy (non-hydrogen) atoms. The van der Waals surface area contributed by atoms with Gasteiger partial charge in [0.15, 0.2) is 0 Å². The molecule has 0 amide bonds. The summed E-state index contributed by atoms with van der Waals surface area (Å²) >= 11 is 5.86. The number of benzene rings is 1. The molecule has 0 heterocycles. The van der Waals surface area contributed by atoms with Gasteiger partial charge in [-0.2, -0.15) is 0 Å². The first-order chi connectivity index (χ1) is 7.98. The minimum absolute atomic E-state index is 0.0138. The monoisotopic (exact) mass is 252 g/mol. The Balaban J connectivity index is 2.18. The predicted molar refractivity (Wildman–Crippen MR) is 68.1 cm³/mol. The number of ether oxygens (including phenoxy) is 1. The number of halogens is 1. The van der Waals surface area contributed by atoms with Gasteiger partial charge in [0.2, 0.25) is 0 Å². The molecule has 0 aliphatic heterocycles. The van der Waals surface area contributed by atoms with E-state index in [2.05, 4.69) is 13.8 Å². The summed E-state index contributed by atoms with van der Waals surface area (Å²) in [5.41, 5.74) is 1.15. The van der Waals surface area contributed by atoms with Gasteiger partial charge in [-0.15, -0.1) is 0 Å². The summed E-state index contributed by atoms with van der Waals surface area (Å²) in [7, 11) is 0. The topological polar surface area (TPSA) is 26.3 Å².